The van der Waals surface area contributed by atoms with Gasteiger partial charge in [0.25, 0.3) is 0 Å². The summed E-state index contributed by atoms with van der Waals surface area (Å²) >= 11 is 0. The summed E-state index contributed by atoms with van der Waals surface area (Å²) in [5.41, 5.74) is 5.06. The molecule has 0 spiro atoms. The highest BCUT2D eigenvalue weighted by Crippen LogP contribution is 2.36. The molecule has 1 atom stereocenters. The van der Waals surface area contributed by atoms with E-state index in [-0.39, 0.29) is 24.3 Å². The molecule has 2 aliphatic rings. The minimum Gasteiger partial charge on any atom is -0.341 e. The van der Waals surface area contributed by atoms with Gasteiger partial charge in [0.1, 0.15) is 12.4 Å². The highest BCUT2D eigenvalue weighted by Gasteiger charge is 2.36. The largest absolute Gasteiger partial charge is 0.341 e. The molecule has 2 aliphatic heterocycles. The lowest BCUT2D eigenvalue weighted by molar-refractivity contribution is -0.132. The summed E-state index contributed by atoms with van der Waals surface area (Å²) in [5.74, 6) is 1.07. The van der Waals surface area contributed by atoms with Crippen molar-refractivity contribution in [3.05, 3.63) is 59.4 Å². The molecule has 0 radical (unpaired) electrons. The van der Waals surface area contributed by atoms with E-state index >= 15 is 0 Å². The number of likely N-dealkylation sites (tertiary alicyclic amines) is 1. The number of piperidine rings is 1. The van der Waals surface area contributed by atoms with Gasteiger partial charge in [-0.1, -0.05) is 30.3 Å². The molecule has 1 unspecified atom stereocenters. The average Bonchev–Trinajstić information content (AvgIpc) is 3.35. The maximum Gasteiger partial charge on any atom is 0.242 e. The standard InChI is InChI=1S/C26H30N4O2/c1-18-9-8-10-19(2)25(18)30-16-20(15-23(30)31)26-27-21-11-4-5-12-22(21)29(26)17-24(32)28-13-6-3-7-14-28/h4-5,8-12,20H,3,6-7,13-17H2,1-2H3. The fourth-order valence-corrected chi connectivity index (χ4v) is 5.28. The lowest BCUT2D eigenvalue weighted by Gasteiger charge is -2.27. The first-order valence-electron chi connectivity index (χ1n) is 11.6. The van der Waals surface area contributed by atoms with Crippen LogP contribution in [0.1, 0.15) is 48.6 Å². The van der Waals surface area contributed by atoms with Gasteiger partial charge in [0, 0.05) is 37.7 Å². The van der Waals surface area contributed by atoms with Gasteiger partial charge in [-0.05, 0) is 56.4 Å². The van der Waals surface area contributed by atoms with Crippen LogP contribution in [0.3, 0.4) is 0 Å². The highest BCUT2D eigenvalue weighted by molar-refractivity contribution is 5.98. The zero-order chi connectivity index (χ0) is 22.2. The van der Waals surface area contributed by atoms with Gasteiger partial charge in [-0.15, -0.1) is 0 Å². The summed E-state index contributed by atoms with van der Waals surface area (Å²) < 4.78 is 2.05. The van der Waals surface area contributed by atoms with Crippen molar-refractivity contribution >= 4 is 28.5 Å². The number of carbonyl (C=O) groups excluding carboxylic acids is 2. The normalized spacial score (nSPS) is 19.2. The van der Waals surface area contributed by atoms with Crippen molar-refractivity contribution in [1.82, 2.24) is 14.5 Å². The van der Waals surface area contributed by atoms with Crippen molar-refractivity contribution in [2.45, 2.75) is 52.0 Å². The van der Waals surface area contributed by atoms with Crippen molar-refractivity contribution < 1.29 is 9.59 Å². The molecule has 6 heteroatoms. The van der Waals surface area contributed by atoms with Crippen LogP contribution in [0, 0.1) is 13.8 Å². The lowest BCUT2D eigenvalue weighted by Crippen LogP contribution is -2.38. The SMILES string of the molecule is Cc1cccc(C)c1N1CC(c2nc3ccccc3n2CC(=O)N2CCCCC2)CC1=O. The molecule has 6 nitrogen and oxygen atoms in total. The van der Waals surface area contributed by atoms with Crippen LogP contribution in [0.4, 0.5) is 5.69 Å². The monoisotopic (exact) mass is 430 g/mol. The summed E-state index contributed by atoms with van der Waals surface area (Å²) in [5, 5.41) is 0. The van der Waals surface area contributed by atoms with E-state index in [0.717, 1.165) is 59.6 Å². The van der Waals surface area contributed by atoms with E-state index in [1.165, 1.54) is 6.42 Å². The van der Waals surface area contributed by atoms with E-state index in [2.05, 4.69) is 30.5 Å². The van der Waals surface area contributed by atoms with E-state index in [1.54, 1.807) is 0 Å². The number of aryl methyl sites for hydroxylation is 2. The number of carbonyl (C=O) groups is 2. The third-order valence-corrected chi connectivity index (χ3v) is 6.89. The van der Waals surface area contributed by atoms with Crippen LogP contribution in [-0.2, 0) is 16.1 Å². The Morgan fingerprint density at radius 3 is 2.47 bits per heavy atom. The fourth-order valence-electron chi connectivity index (χ4n) is 5.28. The van der Waals surface area contributed by atoms with Crippen LogP contribution in [-0.4, -0.2) is 45.9 Å². The Bertz CT molecular complexity index is 1160. The Morgan fingerprint density at radius 1 is 1.00 bits per heavy atom. The molecule has 2 fully saturated rings. The fraction of sp³-hybridized carbons (Fsp3) is 0.423. The molecule has 3 heterocycles. The maximum absolute atomic E-state index is 13.1. The molecule has 0 N–H and O–H groups in total. The molecular weight excluding hydrogens is 400 g/mol. The number of benzene rings is 2. The molecule has 0 saturated carbocycles. The van der Waals surface area contributed by atoms with Crippen molar-refractivity contribution in [2.24, 2.45) is 0 Å². The molecular formula is C26H30N4O2. The van der Waals surface area contributed by atoms with Crippen molar-refractivity contribution in [2.75, 3.05) is 24.5 Å². The predicted molar refractivity (Wildman–Crippen MR) is 126 cm³/mol. The predicted octanol–water partition coefficient (Wildman–Crippen LogP) is 4.19. The molecule has 2 amide bonds. The van der Waals surface area contributed by atoms with Crippen LogP contribution in [0.15, 0.2) is 42.5 Å². The molecule has 2 aromatic carbocycles. The Labute approximate surface area is 188 Å². The van der Waals surface area contributed by atoms with Gasteiger partial charge < -0.3 is 14.4 Å². The van der Waals surface area contributed by atoms with Crippen LogP contribution in [0.5, 0.6) is 0 Å². The zero-order valence-corrected chi connectivity index (χ0v) is 18.9. The summed E-state index contributed by atoms with van der Waals surface area (Å²) in [4.78, 5) is 35.0. The number of hydrogen-bond donors (Lipinski definition) is 0. The second kappa shape index (κ2) is 8.41. The Hall–Kier alpha value is -3.15. The van der Waals surface area contributed by atoms with Crippen LogP contribution in [0.2, 0.25) is 0 Å². The number of anilines is 1. The van der Waals surface area contributed by atoms with Crippen LogP contribution >= 0.6 is 0 Å². The number of amides is 2. The van der Waals surface area contributed by atoms with Gasteiger partial charge in [0.2, 0.25) is 11.8 Å². The second-order valence-electron chi connectivity index (χ2n) is 9.13. The van der Waals surface area contributed by atoms with E-state index in [9.17, 15) is 9.59 Å². The van der Waals surface area contributed by atoms with Crippen LogP contribution < -0.4 is 4.90 Å². The van der Waals surface area contributed by atoms with E-state index in [4.69, 9.17) is 4.98 Å². The van der Waals surface area contributed by atoms with Gasteiger partial charge in [-0.3, -0.25) is 9.59 Å². The summed E-state index contributed by atoms with van der Waals surface area (Å²) in [6, 6.07) is 14.1. The number of hydrogen-bond acceptors (Lipinski definition) is 3. The Morgan fingerprint density at radius 2 is 1.72 bits per heavy atom. The Balaban J connectivity index is 1.48. The molecule has 0 aliphatic carbocycles. The Kier molecular flexibility index (Phi) is 5.45. The third kappa shape index (κ3) is 3.68. The van der Waals surface area contributed by atoms with Gasteiger partial charge in [0.15, 0.2) is 0 Å². The average molecular weight is 431 g/mol. The molecule has 5 rings (SSSR count). The molecule has 2 saturated heterocycles. The second-order valence-corrected chi connectivity index (χ2v) is 9.13. The first kappa shape index (κ1) is 20.7. The van der Waals surface area contributed by atoms with Gasteiger partial charge >= 0.3 is 0 Å². The van der Waals surface area contributed by atoms with Crippen LogP contribution in [0.25, 0.3) is 11.0 Å². The van der Waals surface area contributed by atoms with E-state index < -0.39 is 0 Å². The summed E-state index contributed by atoms with van der Waals surface area (Å²) in [7, 11) is 0. The van der Waals surface area contributed by atoms with E-state index in [1.807, 2.05) is 40.1 Å². The number of fused-ring (bicyclic) bond motifs is 1. The number of rotatable bonds is 4. The molecule has 3 aromatic rings. The topological polar surface area (TPSA) is 58.4 Å². The number of aromatic nitrogens is 2. The molecule has 166 valence electrons. The summed E-state index contributed by atoms with van der Waals surface area (Å²) in [6.07, 6.45) is 3.76. The van der Waals surface area contributed by atoms with Crippen molar-refractivity contribution in [3.63, 3.8) is 0 Å². The van der Waals surface area contributed by atoms with Crippen molar-refractivity contribution in [1.29, 1.82) is 0 Å². The van der Waals surface area contributed by atoms with E-state index in [0.29, 0.717) is 13.0 Å². The maximum atomic E-state index is 13.1. The van der Waals surface area contributed by atoms with Gasteiger partial charge in [-0.2, -0.15) is 0 Å². The van der Waals surface area contributed by atoms with Gasteiger partial charge in [-0.25, -0.2) is 4.98 Å². The highest BCUT2D eigenvalue weighted by atomic mass is 16.2. The van der Waals surface area contributed by atoms with Gasteiger partial charge in [0.05, 0.1) is 11.0 Å². The minimum atomic E-state index is -0.0388. The number of imidazole rings is 1. The number of para-hydroxylation sites is 3. The molecule has 1 aromatic heterocycles. The smallest absolute Gasteiger partial charge is 0.242 e. The lowest BCUT2D eigenvalue weighted by atomic mass is 10.1. The molecule has 32 heavy (non-hydrogen) atoms. The van der Waals surface area contributed by atoms with Crippen molar-refractivity contribution in [3.8, 4) is 0 Å². The quantitative estimate of drug-likeness (QED) is 0.624. The third-order valence-electron chi connectivity index (χ3n) is 6.89. The minimum absolute atomic E-state index is 0.0388. The summed E-state index contributed by atoms with van der Waals surface area (Å²) in [6.45, 7) is 6.65. The number of nitrogens with zero attached hydrogens (tertiary/aromatic N) is 4. The zero-order valence-electron chi connectivity index (χ0n) is 18.9. The molecule has 0 bridgehead atoms. The first-order valence-corrected chi connectivity index (χ1v) is 11.6. The first-order chi connectivity index (χ1) is 15.5.